The maximum absolute atomic E-state index is 12.2. The molecule has 0 radical (unpaired) electrons. The number of phenolic OH excluding ortho intramolecular Hbond substituents is 1. The van der Waals surface area contributed by atoms with E-state index in [1.165, 1.54) is 42.6 Å². The molecule has 7 heteroatoms. The number of rotatable bonds is 5. The SMILES string of the molecule is O=C(NN=Cc1ccccc1OC(F)F)c1ccc(O)cc1. The lowest BCUT2D eigenvalue weighted by molar-refractivity contribution is -0.0499. The molecule has 0 fully saturated rings. The lowest BCUT2D eigenvalue weighted by Crippen LogP contribution is -2.17. The topological polar surface area (TPSA) is 70.9 Å². The van der Waals surface area contributed by atoms with E-state index in [4.69, 9.17) is 5.11 Å². The number of nitrogens with zero attached hydrogens (tertiary/aromatic N) is 1. The monoisotopic (exact) mass is 306 g/mol. The van der Waals surface area contributed by atoms with E-state index in [-0.39, 0.29) is 11.5 Å². The molecule has 5 nitrogen and oxygen atoms in total. The Morgan fingerprint density at radius 1 is 1.18 bits per heavy atom. The second-order valence-electron chi connectivity index (χ2n) is 4.16. The van der Waals surface area contributed by atoms with Crippen molar-refractivity contribution in [3.8, 4) is 11.5 Å². The number of hydrogen-bond acceptors (Lipinski definition) is 4. The Labute approximate surface area is 124 Å². The fourth-order valence-electron chi connectivity index (χ4n) is 1.63. The van der Waals surface area contributed by atoms with Gasteiger partial charge < -0.3 is 9.84 Å². The lowest BCUT2D eigenvalue weighted by atomic mass is 10.2. The van der Waals surface area contributed by atoms with Gasteiger partial charge in [0, 0.05) is 11.1 Å². The van der Waals surface area contributed by atoms with Crippen LogP contribution in [-0.2, 0) is 0 Å². The number of benzene rings is 2. The van der Waals surface area contributed by atoms with Gasteiger partial charge in [0.05, 0.1) is 6.21 Å². The van der Waals surface area contributed by atoms with Gasteiger partial charge in [-0.3, -0.25) is 4.79 Å². The van der Waals surface area contributed by atoms with E-state index < -0.39 is 12.5 Å². The highest BCUT2D eigenvalue weighted by atomic mass is 19.3. The number of hydrazone groups is 1. The number of carbonyl (C=O) groups is 1. The maximum Gasteiger partial charge on any atom is 0.387 e. The molecule has 0 bridgehead atoms. The number of para-hydroxylation sites is 1. The zero-order valence-electron chi connectivity index (χ0n) is 11.2. The van der Waals surface area contributed by atoms with Crippen molar-refractivity contribution < 1.29 is 23.4 Å². The Morgan fingerprint density at radius 2 is 1.86 bits per heavy atom. The normalized spacial score (nSPS) is 10.9. The van der Waals surface area contributed by atoms with Gasteiger partial charge in [0.25, 0.3) is 5.91 Å². The second-order valence-corrected chi connectivity index (χ2v) is 4.16. The van der Waals surface area contributed by atoms with Crippen molar-refractivity contribution in [1.29, 1.82) is 0 Å². The number of carbonyl (C=O) groups excluding carboxylic acids is 1. The van der Waals surface area contributed by atoms with Gasteiger partial charge in [0.2, 0.25) is 0 Å². The molecule has 0 saturated heterocycles. The summed E-state index contributed by atoms with van der Waals surface area (Å²) in [5.41, 5.74) is 2.85. The average molecular weight is 306 g/mol. The van der Waals surface area contributed by atoms with Crippen molar-refractivity contribution in [3.63, 3.8) is 0 Å². The highest BCUT2D eigenvalue weighted by molar-refractivity contribution is 5.95. The van der Waals surface area contributed by atoms with Crippen LogP contribution in [0.4, 0.5) is 8.78 Å². The van der Waals surface area contributed by atoms with Crippen LogP contribution in [0.15, 0.2) is 53.6 Å². The van der Waals surface area contributed by atoms with E-state index in [1.807, 2.05) is 0 Å². The molecular formula is C15H12F2N2O3. The number of hydrogen-bond donors (Lipinski definition) is 2. The van der Waals surface area contributed by atoms with Gasteiger partial charge in [-0.25, -0.2) is 5.43 Å². The Bertz CT molecular complexity index is 673. The summed E-state index contributed by atoms with van der Waals surface area (Å²) in [6.45, 7) is -2.94. The van der Waals surface area contributed by atoms with Crippen LogP contribution in [0.2, 0.25) is 0 Å². The molecule has 114 valence electrons. The van der Waals surface area contributed by atoms with Crippen molar-refractivity contribution >= 4 is 12.1 Å². The Balaban J connectivity index is 2.03. The molecule has 0 heterocycles. The third kappa shape index (κ3) is 4.27. The molecular weight excluding hydrogens is 294 g/mol. The predicted molar refractivity (Wildman–Crippen MR) is 76.2 cm³/mol. The standard InChI is InChI=1S/C15H12F2N2O3/c16-15(17)22-13-4-2-1-3-11(13)9-18-19-14(21)10-5-7-12(20)8-6-10/h1-9,15,20H,(H,19,21). The minimum absolute atomic E-state index is 0.0399. The number of phenols is 1. The van der Waals surface area contributed by atoms with Crippen molar-refractivity contribution in [3.05, 3.63) is 59.7 Å². The average Bonchev–Trinajstić information content (AvgIpc) is 2.49. The van der Waals surface area contributed by atoms with Crippen molar-refractivity contribution in [2.24, 2.45) is 5.10 Å². The van der Waals surface area contributed by atoms with Crippen LogP contribution in [0.25, 0.3) is 0 Å². The molecule has 0 saturated carbocycles. The number of nitrogens with one attached hydrogen (secondary N) is 1. The number of alkyl halides is 2. The van der Waals surface area contributed by atoms with Gasteiger partial charge in [-0.05, 0) is 36.4 Å². The van der Waals surface area contributed by atoms with Crippen LogP contribution >= 0.6 is 0 Å². The van der Waals surface area contributed by atoms with Crippen LogP contribution in [-0.4, -0.2) is 23.8 Å². The summed E-state index contributed by atoms with van der Waals surface area (Å²) in [4.78, 5) is 11.8. The molecule has 0 aliphatic heterocycles. The molecule has 1 amide bonds. The summed E-state index contributed by atoms with van der Waals surface area (Å²) in [5.74, 6) is -0.498. The molecule has 0 atom stereocenters. The lowest BCUT2D eigenvalue weighted by Gasteiger charge is -2.06. The predicted octanol–water partition coefficient (Wildman–Crippen LogP) is 2.76. The van der Waals surface area contributed by atoms with Gasteiger partial charge in [-0.1, -0.05) is 12.1 Å². The first kappa shape index (κ1) is 15.4. The molecule has 2 aromatic rings. The van der Waals surface area contributed by atoms with E-state index in [0.717, 1.165) is 0 Å². The first-order valence-corrected chi connectivity index (χ1v) is 6.22. The summed E-state index contributed by atoms with van der Waals surface area (Å²) in [7, 11) is 0. The minimum atomic E-state index is -2.94. The third-order valence-corrected chi connectivity index (χ3v) is 2.63. The smallest absolute Gasteiger partial charge is 0.387 e. The highest BCUT2D eigenvalue weighted by Gasteiger charge is 2.08. The van der Waals surface area contributed by atoms with E-state index in [9.17, 15) is 13.6 Å². The highest BCUT2D eigenvalue weighted by Crippen LogP contribution is 2.18. The first-order chi connectivity index (χ1) is 10.6. The summed E-state index contributed by atoms with van der Waals surface area (Å²) < 4.78 is 28.8. The van der Waals surface area contributed by atoms with E-state index >= 15 is 0 Å². The van der Waals surface area contributed by atoms with E-state index in [1.54, 1.807) is 12.1 Å². The molecule has 22 heavy (non-hydrogen) atoms. The van der Waals surface area contributed by atoms with Crippen LogP contribution < -0.4 is 10.2 Å². The summed E-state index contributed by atoms with van der Waals surface area (Å²) >= 11 is 0. The largest absolute Gasteiger partial charge is 0.508 e. The van der Waals surface area contributed by atoms with Crippen molar-refractivity contribution in [2.75, 3.05) is 0 Å². The van der Waals surface area contributed by atoms with Gasteiger partial charge in [0.1, 0.15) is 11.5 Å². The molecule has 2 rings (SSSR count). The van der Waals surface area contributed by atoms with Crippen LogP contribution in [0, 0.1) is 0 Å². The molecule has 0 aliphatic carbocycles. The van der Waals surface area contributed by atoms with E-state index in [2.05, 4.69) is 15.3 Å². The molecule has 2 N–H and O–H groups in total. The molecule has 0 aliphatic rings. The summed E-state index contributed by atoms with van der Waals surface area (Å²) in [5, 5.41) is 12.8. The fraction of sp³-hybridized carbons (Fsp3) is 0.0667. The minimum Gasteiger partial charge on any atom is -0.508 e. The first-order valence-electron chi connectivity index (χ1n) is 6.22. The number of halogens is 2. The zero-order valence-corrected chi connectivity index (χ0v) is 11.2. The van der Waals surface area contributed by atoms with Gasteiger partial charge in [-0.15, -0.1) is 0 Å². The third-order valence-electron chi connectivity index (χ3n) is 2.63. The zero-order chi connectivity index (χ0) is 15.9. The van der Waals surface area contributed by atoms with Crippen molar-refractivity contribution in [2.45, 2.75) is 6.61 Å². The Hall–Kier alpha value is -2.96. The second kappa shape index (κ2) is 7.16. The number of aromatic hydroxyl groups is 1. The molecule has 0 aromatic heterocycles. The fourth-order valence-corrected chi connectivity index (χ4v) is 1.63. The van der Waals surface area contributed by atoms with Gasteiger partial charge in [-0.2, -0.15) is 13.9 Å². The van der Waals surface area contributed by atoms with Gasteiger partial charge in [0.15, 0.2) is 0 Å². The summed E-state index contributed by atoms with van der Waals surface area (Å²) in [6.07, 6.45) is 1.20. The van der Waals surface area contributed by atoms with E-state index in [0.29, 0.717) is 11.1 Å². The molecule has 0 unspecified atom stereocenters. The van der Waals surface area contributed by atoms with Gasteiger partial charge >= 0.3 is 6.61 Å². The van der Waals surface area contributed by atoms with Crippen LogP contribution in [0.3, 0.4) is 0 Å². The number of ether oxygens (including phenoxy) is 1. The summed E-state index contributed by atoms with van der Waals surface area (Å²) in [6, 6.07) is 11.6. The quantitative estimate of drug-likeness (QED) is 0.659. The molecule has 0 spiro atoms. The van der Waals surface area contributed by atoms with Crippen molar-refractivity contribution in [1.82, 2.24) is 5.43 Å². The van der Waals surface area contributed by atoms with Crippen LogP contribution in [0.1, 0.15) is 15.9 Å². The van der Waals surface area contributed by atoms with Crippen LogP contribution in [0.5, 0.6) is 11.5 Å². The maximum atomic E-state index is 12.2. The molecule has 2 aromatic carbocycles. The number of amides is 1. The Kier molecular flexibility index (Phi) is 5.02. The Morgan fingerprint density at radius 3 is 2.55 bits per heavy atom.